The Morgan fingerprint density at radius 3 is 2.58 bits per heavy atom. The van der Waals surface area contributed by atoms with Gasteiger partial charge >= 0.3 is 6.09 Å². The highest BCUT2D eigenvalue weighted by Gasteiger charge is 2.34. The molecule has 2 heterocycles. The van der Waals surface area contributed by atoms with Crippen molar-refractivity contribution in [2.75, 3.05) is 26.0 Å². The van der Waals surface area contributed by atoms with Crippen LogP contribution in [-0.2, 0) is 16.0 Å². The van der Waals surface area contributed by atoms with Gasteiger partial charge in [0.1, 0.15) is 5.60 Å². The highest BCUT2D eigenvalue weighted by atomic mass is 35.5. The number of amides is 2. The number of hydrogen-bond donors (Lipinski definition) is 2. The number of methoxy groups -OCH3 is 1. The molecule has 0 unspecified atom stereocenters. The van der Waals surface area contributed by atoms with Crippen molar-refractivity contribution in [3.05, 3.63) is 62.5 Å². The van der Waals surface area contributed by atoms with Crippen molar-refractivity contribution in [3.8, 4) is 0 Å². The fourth-order valence-electron chi connectivity index (χ4n) is 3.37. The molecule has 2 aromatic rings. The van der Waals surface area contributed by atoms with Crippen molar-refractivity contribution >= 4 is 35.4 Å². The highest BCUT2D eigenvalue weighted by molar-refractivity contribution is 7.99. The van der Waals surface area contributed by atoms with Crippen molar-refractivity contribution < 1.29 is 19.1 Å². The van der Waals surface area contributed by atoms with Crippen LogP contribution in [0.3, 0.4) is 0 Å². The third-order valence-corrected chi connectivity index (χ3v) is 6.28. The average Bonchev–Trinajstić information content (AvgIpc) is 3.14. The Kier molecular flexibility index (Phi) is 8.10. The Balaban J connectivity index is 1.98. The van der Waals surface area contributed by atoms with E-state index in [1.807, 2.05) is 12.1 Å². The van der Waals surface area contributed by atoms with Gasteiger partial charge in [0.25, 0.3) is 11.5 Å². The summed E-state index contributed by atoms with van der Waals surface area (Å²) in [4.78, 5) is 39.3. The lowest BCUT2D eigenvalue weighted by Crippen LogP contribution is -2.38. The molecule has 0 aliphatic carbocycles. The van der Waals surface area contributed by atoms with E-state index in [0.717, 1.165) is 5.56 Å². The van der Waals surface area contributed by atoms with E-state index >= 15 is 0 Å². The van der Waals surface area contributed by atoms with E-state index in [2.05, 4.69) is 10.6 Å². The van der Waals surface area contributed by atoms with Crippen LogP contribution in [0.4, 0.5) is 4.79 Å². The quantitative estimate of drug-likeness (QED) is 0.572. The molecule has 1 aromatic carbocycles. The monoisotopic (exact) mass is 493 g/mol. The second-order valence-electron chi connectivity index (χ2n) is 8.60. The van der Waals surface area contributed by atoms with Gasteiger partial charge in [-0.3, -0.25) is 9.59 Å². The minimum atomic E-state index is -0.670. The molecule has 1 aromatic heterocycles. The lowest BCUT2D eigenvalue weighted by atomic mass is 10.1. The van der Waals surface area contributed by atoms with Gasteiger partial charge in [-0.05, 0) is 38.5 Å². The SMILES string of the molecule is COCCNC(=O)c1cn(Cc2ccc(Cl)cc2)c(=O)c2c1SC[C@@H]2NC(=O)OC(C)(C)C. The first kappa shape index (κ1) is 25.1. The number of nitrogens with one attached hydrogen (secondary N) is 2. The summed E-state index contributed by atoms with van der Waals surface area (Å²) in [5.41, 5.74) is 0.692. The van der Waals surface area contributed by atoms with Gasteiger partial charge in [-0.15, -0.1) is 11.8 Å². The first-order valence-corrected chi connectivity index (χ1v) is 11.9. The smallest absolute Gasteiger partial charge is 0.408 e. The second kappa shape index (κ2) is 10.6. The Morgan fingerprint density at radius 2 is 1.94 bits per heavy atom. The standard InChI is InChI=1S/C23H28ClN3O5S/c1-23(2,3)32-22(30)26-17-13-33-19-16(20(28)25-9-10-31-4)12-27(21(29)18(17)19)11-14-5-7-15(24)8-6-14/h5-8,12,17H,9-11,13H2,1-4H3,(H,25,28)(H,26,30)/t17-/m0/s1. The van der Waals surface area contributed by atoms with E-state index in [-0.39, 0.29) is 18.0 Å². The number of nitrogens with zero attached hydrogens (tertiary/aromatic N) is 1. The second-order valence-corrected chi connectivity index (χ2v) is 10.1. The normalized spacial score (nSPS) is 15.1. The van der Waals surface area contributed by atoms with Crippen molar-refractivity contribution in [2.24, 2.45) is 0 Å². The molecule has 2 N–H and O–H groups in total. The maximum absolute atomic E-state index is 13.4. The molecule has 0 radical (unpaired) electrons. The summed E-state index contributed by atoms with van der Waals surface area (Å²) in [6.07, 6.45) is 0.959. The van der Waals surface area contributed by atoms with E-state index in [9.17, 15) is 14.4 Å². The number of pyridine rings is 1. The highest BCUT2D eigenvalue weighted by Crippen LogP contribution is 2.38. The zero-order valence-corrected chi connectivity index (χ0v) is 20.6. The third-order valence-electron chi connectivity index (χ3n) is 4.80. The molecule has 1 atom stereocenters. The molecule has 0 fully saturated rings. The van der Waals surface area contributed by atoms with Crippen LogP contribution < -0.4 is 16.2 Å². The maximum atomic E-state index is 13.4. The summed E-state index contributed by atoms with van der Waals surface area (Å²) in [7, 11) is 1.55. The summed E-state index contributed by atoms with van der Waals surface area (Å²) in [5, 5.41) is 6.19. The molecule has 3 rings (SSSR count). The van der Waals surface area contributed by atoms with E-state index in [4.69, 9.17) is 21.1 Å². The molecule has 1 aliphatic heterocycles. The van der Waals surface area contributed by atoms with E-state index in [1.165, 1.54) is 16.3 Å². The van der Waals surface area contributed by atoms with Gasteiger partial charge in [-0.1, -0.05) is 23.7 Å². The number of rotatable bonds is 7. The topological polar surface area (TPSA) is 98.7 Å². The van der Waals surface area contributed by atoms with Gasteiger partial charge in [0.15, 0.2) is 0 Å². The molecule has 1 aliphatic rings. The number of fused-ring (bicyclic) bond motifs is 1. The number of carbonyl (C=O) groups excluding carboxylic acids is 2. The lowest BCUT2D eigenvalue weighted by Gasteiger charge is -2.22. The molecule has 0 saturated carbocycles. The van der Waals surface area contributed by atoms with E-state index < -0.39 is 17.7 Å². The van der Waals surface area contributed by atoms with Crippen molar-refractivity contribution in [3.63, 3.8) is 0 Å². The molecule has 0 spiro atoms. The largest absolute Gasteiger partial charge is 0.444 e. The fraction of sp³-hybridized carbons (Fsp3) is 0.435. The molecule has 33 heavy (non-hydrogen) atoms. The molecular weight excluding hydrogens is 466 g/mol. The molecule has 0 saturated heterocycles. The van der Waals surface area contributed by atoms with Gasteiger partial charge in [0, 0.05) is 35.5 Å². The molecule has 178 valence electrons. The van der Waals surface area contributed by atoms with Crippen molar-refractivity contribution in [1.29, 1.82) is 0 Å². The van der Waals surface area contributed by atoms with Gasteiger partial charge in [0.05, 0.1) is 30.3 Å². The molecular formula is C23H28ClN3O5S. The van der Waals surface area contributed by atoms with E-state index in [1.54, 1.807) is 46.2 Å². The molecule has 10 heteroatoms. The minimum Gasteiger partial charge on any atom is -0.444 e. The third kappa shape index (κ3) is 6.52. The van der Waals surface area contributed by atoms with Gasteiger partial charge < -0.3 is 24.7 Å². The number of hydrogen-bond acceptors (Lipinski definition) is 6. The Hall–Kier alpha value is -2.49. The predicted octanol–water partition coefficient (Wildman–Crippen LogP) is 3.60. The number of thioether (sulfide) groups is 1. The number of alkyl carbamates (subject to hydrolysis) is 1. The van der Waals surface area contributed by atoms with Crippen LogP contribution in [-0.4, -0.2) is 48.2 Å². The molecule has 0 bridgehead atoms. The first-order valence-electron chi connectivity index (χ1n) is 10.5. The molecule has 2 amide bonds. The summed E-state index contributed by atoms with van der Waals surface area (Å²) in [6.45, 7) is 6.27. The summed E-state index contributed by atoms with van der Waals surface area (Å²) < 4.78 is 11.9. The number of benzene rings is 1. The first-order chi connectivity index (χ1) is 15.6. The number of carbonyl (C=O) groups is 2. The predicted molar refractivity (Wildman–Crippen MR) is 128 cm³/mol. The summed E-state index contributed by atoms with van der Waals surface area (Å²) in [5.74, 6) is 0.117. The van der Waals surface area contributed by atoms with Crippen LogP contribution >= 0.6 is 23.4 Å². The number of halogens is 1. The van der Waals surface area contributed by atoms with Gasteiger partial charge in [0.2, 0.25) is 0 Å². The number of aromatic nitrogens is 1. The van der Waals surface area contributed by atoms with Crippen LogP contribution in [0.25, 0.3) is 0 Å². The maximum Gasteiger partial charge on any atom is 0.408 e. The summed E-state index contributed by atoms with van der Waals surface area (Å²) in [6, 6.07) is 6.57. The van der Waals surface area contributed by atoms with Crippen LogP contribution in [0, 0.1) is 0 Å². The van der Waals surface area contributed by atoms with Crippen molar-refractivity contribution in [2.45, 2.75) is 43.9 Å². The van der Waals surface area contributed by atoms with Crippen LogP contribution in [0.2, 0.25) is 5.02 Å². The van der Waals surface area contributed by atoms with Crippen LogP contribution in [0.5, 0.6) is 0 Å². The summed E-state index contributed by atoms with van der Waals surface area (Å²) >= 11 is 7.34. The minimum absolute atomic E-state index is 0.255. The molecule has 8 nitrogen and oxygen atoms in total. The zero-order chi connectivity index (χ0) is 24.2. The van der Waals surface area contributed by atoms with Crippen LogP contribution in [0.1, 0.15) is 48.3 Å². The Bertz CT molecular complexity index is 1080. The fourth-order valence-corrected chi connectivity index (χ4v) is 4.77. The Morgan fingerprint density at radius 1 is 1.24 bits per heavy atom. The Labute approximate surface area is 202 Å². The van der Waals surface area contributed by atoms with E-state index in [0.29, 0.717) is 39.9 Å². The van der Waals surface area contributed by atoms with Crippen LogP contribution in [0.15, 0.2) is 40.2 Å². The zero-order valence-electron chi connectivity index (χ0n) is 19.1. The number of ether oxygens (including phenoxy) is 2. The van der Waals surface area contributed by atoms with Gasteiger partial charge in [-0.25, -0.2) is 4.79 Å². The van der Waals surface area contributed by atoms with Gasteiger partial charge in [-0.2, -0.15) is 0 Å². The lowest BCUT2D eigenvalue weighted by molar-refractivity contribution is 0.0508. The van der Waals surface area contributed by atoms with Crippen molar-refractivity contribution in [1.82, 2.24) is 15.2 Å². The average molecular weight is 494 g/mol.